The number of fused-ring (bicyclic) bond motifs is 1. The zero-order chi connectivity index (χ0) is 23.9. The molecule has 2 aromatic carbocycles. The Labute approximate surface area is 177 Å². The van der Waals surface area contributed by atoms with Crippen molar-refractivity contribution in [1.82, 2.24) is 5.16 Å². The van der Waals surface area contributed by atoms with Crippen LogP contribution in [-0.4, -0.2) is 27.9 Å². The van der Waals surface area contributed by atoms with Crippen LogP contribution in [0.25, 0.3) is 10.8 Å². The molecule has 32 heavy (non-hydrogen) atoms. The van der Waals surface area contributed by atoms with E-state index in [2.05, 4.69) is 9.68 Å². The second kappa shape index (κ2) is 7.97. The average molecular weight is 456 g/mol. The predicted octanol–water partition coefficient (Wildman–Crippen LogP) is 4.07. The van der Waals surface area contributed by atoms with Gasteiger partial charge in [0.15, 0.2) is 0 Å². The fourth-order valence-electron chi connectivity index (χ4n) is 3.43. The molecule has 0 bridgehead atoms. The van der Waals surface area contributed by atoms with Gasteiger partial charge in [-0.1, -0.05) is 25.1 Å². The minimum atomic E-state index is -5.43. The number of nitrogens with one attached hydrogen (secondary N) is 1. The number of benzene rings is 2. The van der Waals surface area contributed by atoms with E-state index in [0.29, 0.717) is 6.07 Å². The van der Waals surface area contributed by atoms with E-state index in [0.717, 1.165) is 24.4 Å². The van der Waals surface area contributed by atoms with Gasteiger partial charge in [-0.25, -0.2) is 13.6 Å². The van der Waals surface area contributed by atoms with Crippen LogP contribution in [0.2, 0.25) is 0 Å². The van der Waals surface area contributed by atoms with Gasteiger partial charge in [0, 0.05) is 23.6 Å². The number of alkyl halides is 3. The highest BCUT2D eigenvalue weighted by Gasteiger charge is 2.61. The number of rotatable bonds is 5. The Balaban J connectivity index is 1.96. The van der Waals surface area contributed by atoms with Gasteiger partial charge in [0.05, 0.1) is 11.6 Å². The number of carbonyl (C=O) groups excluding carboxylic acids is 1. The Kier molecular flexibility index (Phi) is 5.81. The molecule has 1 unspecified atom stereocenters. The molecule has 1 aromatic heterocycles. The summed E-state index contributed by atoms with van der Waals surface area (Å²) in [6.07, 6.45) is -5.55. The lowest BCUT2D eigenvalue weighted by Gasteiger charge is -2.36. The molecule has 0 saturated heterocycles. The number of hydrogen-bond acceptors (Lipinski definition) is 5. The van der Waals surface area contributed by atoms with Gasteiger partial charge in [0.25, 0.3) is 5.91 Å². The van der Waals surface area contributed by atoms with Crippen molar-refractivity contribution < 1.29 is 36.4 Å². The highest BCUT2D eigenvalue weighted by atomic mass is 19.4. The van der Waals surface area contributed by atoms with Gasteiger partial charge < -0.3 is 14.9 Å². The molecule has 11 heteroatoms. The van der Waals surface area contributed by atoms with Crippen molar-refractivity contribution in [1.29, 1.82) is 0 Å². The number of halogens is 5. The van der Waals surface area contributed by atoms with Crippen LogP contribution < -0.4 is 10.9 Å². The van der Waals surface area contributed by atoms with Crippen LogP contribution in [0.5, 0.6) is 0 Å². The van der Waals surface area contributed by atoms with Gasteiger partial charge in [0.2, 0.25) is 5.60 Å². The topological polar surface area (TPSA) is 92.4 Å². The lowest BCUT2D eigenvalue weighted by molar-refractivity contribution is -0.254. The highest BCUT2D eigenvalue weighted by Crippen LogP contribution is 2.42. The number of anilines is 1. The molecule has 0 aliphatic heterocycles. The average Bonchev–Trinajstić information content (AvgIpc) is 2.66. The molecule has 0 saturated carbocycles. The normalized spacial score (nSPS) is 14.2. The summed E-state index contributed by atoms with van der Waals surface area (Å²) >= 11 is 0. The summed E-state index contributed by atoms with van der Waals surface area (Å²) < 4.78 is 73.4. The summed E-state index contributed by atoms with van der Waals surface area (Å²) in [5.41, 5.74) is -6.87. The quantitative estimate of drug-likeness (QED) is 0.565. The smallest absolute Gasteiger partial charge is 0.373 e. The van der Waals surface area contributed by atoms with Gasteiger partial charge in [-0.15, -0.1) is 0 Å². The molecule has 2 N–H and O–H groups in total. The molecular formula is C21H17F5N2O4. The molecule has 0 radical (unpaired) electrons. The van der Waals surface area contributed by atoms with E-state index in [9.17, 15) is 36.6 Å². The fraction of sp³-hybridized carbons (Fsp3) is 0.286. The van der Waals surface area contributed by atoms with Crippen LogP contribution in [0, 0.1) is 11.6 Å². The molecule has 0 aliphatic carbocycles. The second-order valence-corrected chi connectivity index (χ2v) is 7.91. The van der Waals surface area contributed by atoms with Gasteiger partial charge in [-0.05, 0) is 35.2 Å². The maximum atomic E-state index is 14.2. The van der Waals surface area contributed by atoms with Crippen LogP contribution in [0.15, 0.2) is 51.9 Å². The van der Waals surface area contributed by atoms with Crippen LogP contribution in [0.1, 0.15) is 25.8 Å². The van der Waals surface area contributed by atoms with E-state index in [1.54, 1.807) is 0 Å². The zero-order valence-electron chi connectivity index (χ0n) is 16.8. The molecule has 0 spiro atoms. The van der Waals surface area contributed by atoms with Crippen molar-refractivity contribution in [2.75, 3.05) is 5.32 Å². The Morgan fingerprint density at radius 3 is 2.44 bits per heavy atom. The SMILES string of the molecule is CC(C)(CC(O)(C(=O)Nc1ccc2c(=O)oncc2c1)C(F)(F)F)c1ccc(F)cc1F. The van der Waals surface area contributed by atoms with Crippen molar-refractivity contribution in [3.63, 3.8) is 0 Å². The summed E-state index contributed by atoms with van der Waals surface area (Å²) in [5.74, 6) is -3.85. The molecule has 1 heterocycles. The van der Waals surface area contributed by atoms with E-state index in [1.165, 1.54) is 26.0 Å². The monoisotopic (exact) mass is 456 g/mol. The minimum absolute atomic E-state index is 0.0806. The van der Waals surface area contributed by atoms with Gasteiger partial charge in [0.1, 0.15) is 11.6 Å². The lowest BCUT2D eigenvalue weighted by atomic mass is 9.74. The second-order valence-electron chi connectivity index (χ2n) is 7.91. The molecule has 3 aromatic rings. The van der Waals surface area contributed by atoms with Crippen LogP contribution in [-0.2, 0) is 10.2 Å². The maximum Gasteiger partial charge on any atom is 0.426 e. The van der Waals surface area contributed by atoms with Crippen LogP contribution in [0.4, 0.5) is 27.6 Å². The summed E-state index contributed by atoms with van der Waals surface area (Å²) in [7, 11) is 0. The first-order chi connectivity index (χ1) is 14.7. The summed E-state index contributed by atoms with van der Waals surface area (Å²) in [5, 5.41) is 16.0. The maximum absolute atomic E-state index is 14.2. The molecule has 0 aliphatic rings. The van der Waals surface area contributed by atoms with E-state index in [1.807, 2.05) is 5.32 Å². The standard InChI is InChI=1S/C21H17F5N2O4/c1-19(2,15-6-3-12(22)8-16(15)23)10-20(31,21(24,25)26)18(30)28-13-4-5-14-11(7-13)9-27-32-17(14)29/h3-9,31H,10H2,1-2H3,(H,28,30). The molecule has 3 rings (SSSR count). The van der Waals surface area contributed by atoms with E-state index in [4.69, 9.17) is 0 Å². The first-order valence-corrected chi connectivity index (χ1v) is 9.19. The number of nitrogens with zero attached hydrogens (tertiary/aromatic N) is 1. The minimum Gasteiger partial charge on any atom is -0.373 e. The highest BCUT2D eigenvalue weighted by molar-refractivity contribution is 5.99. The van der Waals surface area contributed by atoms with Crippen molar-refractivity contribution in [2.45, 2.75) is 37.5 Å². The number of aliphatic hydroxyl groups is 1. The van der Waals surface area contributed by atoms with Gasteiger partial charge in [-0.3, -0.25) is 4.79 Å². The predicted molar refractivity (Wildman–Crippen MR) is 104 cm³/mol. The first kappa shape index (κ1) is 23.3. The van der Waals surface area contributed by atoms with Gasteiger partial charge in [-0.2, -0.15) is 13.2 Å². The third kappa shape index (κ3) is 4.33. The van der Waals surface area contributed by atoms with Crippen molar-refractivity contribution in [3.8, 4) is 0 Å². The van der Waals surface area contributed by atoms with Crippen molar-refractivity contribution in [2.24, 2.45) is 0 Å². The van der Waals surface area contributed by atoms with Crippen LogP contribution in [0.3, 0.4) is 0 Å². The molecular weight excluding hydrogens is 439 g/mol. The fourth-order valence-corrected chi connectivity index (χ4v) is 3.43. The molecule has 0 fully saturated rings. The molecule has 1 atom stereocenters. The number of aromatic nitrogens is 1. The van der Waals surface area contributed by atoms with E-state index < -0.39 is 46.8 Å². The molecule has 170 valence electrons. The van der Waals surface area contributed by atoms with Gasteiger partial charge >= 0.3 is 11.8 Å². The van der Waals surface area contributed by atoms with Crippen molar-refractivity contribution >= 4 is 22.4 Å². The first-order valence-electron chi connectivity index (χ1n) is 9.19. The zero-order valence-corrected chi connectivity index (χ0v) is 16.8. The Morgan fingerprint density at radius 1 is 1.12 bits per heavy atom. The van der Waals surface area contributed by atoms with Crippen molar-refractivity contribution in [3.05, 3.63) is 70.2 Å². The van der Waals surface area contributed by atoms with E-state index >= 15 is 0 Å². The van der Waals surface area contributed by atoms with E-state index in [-0.39, 0.29) is 22.0 Å². The summed E-state index contributed by atoms with van der Waals surface area (Å²) in [6.45, 7) is 2.38. The molecule has 6 nitrogen and oxygen atoms in total. The summed E-state index contributed by atoms with van der Waals surface area (Å²) in [6, 6.07) is 5.87. The Bertz CT molecular complexity index is 1240. The third-order valence-electron chi connectivity index (χ3n) is 5.06. The number of amides is 1. The summed E-state index contributed by atoms with van der Waals surface area (Å²) in [4.78, 5) is 24.2. The number of carbonyl (C=O) groups is 1. The van der Waals surface area contributed by atoms with Crippen LogP contribution >= 0.6 is 0 Å². The molecule has 1 amide bonds. The number of hydrogen-bond donors (Lipinski definition) is 2. The lowest BCUT2D eigenvalue weighted by Crippen LogP contribution is -2.57. The Morgan fingerprint density at radius 2 is 1.81 bits per heavy atom. The Hall–Kier alpha value is -3.34. The third-order valence-corrected chi connectivity index (χ3v) is 5.06. The largest absolute Gasteiger partial charge is 0.426 e.